The maximum absolute atomic E-state index is 9.29. The van der Waals surface area contributed by atoms with Gasteiger partial charge in [0.15, 0.2) is 0 Å². The summed E-state index contributed by atoms with van der Waals surface area (Å²) in [5, 5.41) is 9.29. The Kier molecular flexibility index (Phi) is 8.29. The zero-order valence-electron chi connectivity index (χ0n) is 15.1. The third kappa shape index (κ3) is 6.77. The summed E-state index contributed by atoms with van der Waals surface area (Å²) in [6.45, 7) is 5.87. The zero-order valence-corrected chi connectivity index (χ0v) is 15.1. The lowest BCUT2D eigenvalue weighted by molar-refractivity contribution is 0.0207. The summed E-state index contributed by atoms with van der Waals surface area (Å²) >= 11 is 0. The molecule has 4 heteroatoms. The summed E-state index contributed by atoms with van der Waals surface area (Å²) < 4.78 is 16.7. The van der Waals surface area contributed by atoms with Crippen LogP contribution >= 0.6 is 0 Å². The van der Waals surface area contributed by atoms with Gasteiger partial charge in [0.05, 0.1) is 25.9 Å². The fraction of sp³-hybridized carbons (Fsp3) is 0.429. The van der Waals surface area contributed by atoms with Gasteiger partial charge in [-0.05, 0) is 49.2 Å². The number of hydrogen-bond acceptors (Lipinski definition) is 4. The van der Waals surface area contributed by atoms with Crippen LogP contribution in [0, 0.1) is 0 Å². The van der Waals surface area contributed by atoms with Crippen molar-refractivity contribution in [3.05, 3.63) is 59.7 Å². The molecule has 0 radical (unpaired) electrons. The van der Waals surface area contributed by atoms with Crippen molar-refractivity contribution in [2.45, 2.75) is 32.8 Å². The molecule has 2 rings (SSSR count). The van der Waals surface area contributed by atoms with Crippen LogP contribution in [0.1, 0.15) is 25.0 Å². The molecule has 0 spiro atoms. The highest BCUT2D eigenvalue weighted by Gasteiger charge is 2.08. The Labute approximate surface area is 150 Å². The molecule has 0 saturated heterocycles. The van der Waals surface area contributed by atoms with Gasteiger partial charge in [0.1, 0.15) is 11.5 Å². The lowest BCUT2D eigenvalue weighted by Gasteiger charge is -2.14. The van der Waals surface area contributed by atoms with Crippen molar-refractivity contribution in [2.24, 2.45) is 0 Å². The van der Waals surface area contributed by atoms with E-state index in [0.29, 0.717) is 26.2 Å². The Hall–Kier alpha value is -2.04. The summed E-state index contributed by atoms with van der Waals surface area (Å²) in [6.07, 6.45) is 1.42. The fourth-order valence-electron chi connectivity index (χ4n) is 2.60. The van der Waals surface area contributed by atoms with Crippen LogP contribution in [0.3, 0.4) is 0 Å². The Bertz CT molecular complexity index is 592. The third-order valence-electron chi connectivity index (χ3n) is 3.89. The Balaban J connectivity index is 1.77. The molecule has 2 aromatic carbocycles. The van der Waals surface area contributed by atoms with E-state index in [0.717, 1.165) is 23.5 Å². The van der Waals surface area contributed by atoms with Gasteiger partial charge in [-0.15, -0.1) is 0 Å². The number of aliphatic hydroxyl groups is 1. The minimum atomic E-state index is -0.142. The van der Waals surface area contributed by atoms with Gasteiger partial charge in [-0.1, -0.05) is 24.3 Å². The highest BCUT2D eigenvalue weighted by molar-refractivity contribution is 5.29. The summed E-state index contributed by atoms with van der Waals surface area (Å²) in [6, 6.07) is 16.1. The predicted molar refractivity (Wildman–Crippen MR) is 99.5 cm³/mol. The summed E-state index contributed by atoms with van der Waals surface area (Å²) in [5.74, 6) is 1.75. The minimum absolute atomic E-state index is 0.0359. The quantitative estimate of drug-likeness (QED) is 0.676. The van der Waals surface area contributed by atoms with E-state index < -0.39 is 0 Å². The molecule has 0 aliphatic heterocycles. The topological polar surface area (TPSA) is 47.9 Å². The van der Waals surface area contributed by atoms with E-state index in [1.807, 2.05) is 50.2 Å². The standard InChI is InChI=1S/C21H28O4/c1-3-23-19-9-5-17(6-10-19)13-14-25-20-11-7-18(8-12-20)15-21(16-22)24-4-2/h5-12,21-22H,3-4,13-16H2,1-2H3. The van der Waals surface area contributed by atoms with Crippen LogP contribution in [0.4, 0.5) is 0 Å². The van der Waals surface area contributed by atoms with E-state index in [9.17, 15) is 5.11 Å². The van der Waals surface area contributed by atoms with Gasteiger partial charge in [0, 0.05) is 19.4 Å². The van der Waals surface area contributed by atoms with Crippen LogP contribution in [0.25, 0.3) is 0 Å². The van der Waals surface area contributed by atoms with Crippen molar-refractivity contribution in [3.8, 4) is 11.5 Å². The number of rotatable bonds is 11. The first kappa shape index (κ1) is 19.3. The second-order valence-corrected chi connectivity index (χ2v) is 5.78. The van der Waals surface area contributed by atoms with E-state index in [1.165, 1.54) is 5.56 Å². The number of hydrogen-bond donors (Lipinski definition) is 1. The Morgan fingerprint density at radius 3 is 1.96 bits per heavy atom. The van der Waals surface area contributed by atoms with E-state index >= 15 is 0 Å². The van der Waals surface area contributed by atoms with E-state index in [1.54, 1.807) is 0 Å². The first-order valence-electron chi connectivity index (χ1n) is 8.91. The highest BCUT2D eigenvalue weighted by Crippen LogP contribution is 2.16. The van der Waals surface area contributed by atoms with Gasteiger partial charge in [-0.25, -0.2) is 0 Å². The second-order valence-electron chi connectivity index (χ2n) is 5.78. The van der Waals surface area contributed by atoms with Gasteiger partial charge in [-0.3, -0.25) is 0 Å². The number of benzene rings is 2. The zero-order chi connectivity index (χ0) is 17.9. The summed E-state index contributed by atoms with van der Waals surface area (Å²) in [5.41, 5.74) is 2.36. The molecule has 0 bridgehead atoms. The molecule has 2 aromatic rings. The van der Waals surface area contributed by atoms with Gasteiger partial charge < -0.3 is 19.3 Å². The maximum atomic E-state index is 9.29. The average molecular weight is 344 g/mol. The molecule has 0 heterocycles. The number of aliphatic hydroxyl groups excluding tert-OH is 1. The van der Waals surface area contributed by atoms with Crippen LogP contribution in [-0.4, -0.2) is 37.6 Å². The van der Waals surface area contributed by atoms with Crippen LogP contribution in [-0.2, 0) is 17.6 Å². The van der Waals surface area contributed by atoms with Crippen molar-refractivity contribution >= 4 is 0 Å². The second kappa shape index (κ2) is 10.7. The third-order valence-corrected chi connectivity index (χ3v) is 3.89. The molecule has 25 heavy (non-hydrogen) atoms. The number of ether oxygens (including phenoxy) is 3. The molecule has 0 fully saturated rings. The molecule has 136 valence electrons. The monoisotopic (exact) mass is 344 g/mol. The predicted octanol–water partition coefficient (Wildman–Crippen LogP) is 3.65. The molecule has 1 atom stereocenters. The van der Waals surface area contributed by atoms with Gasteiger partial charge in [0.2, 0.25) is 0 Å². The molecule has 4 nitrogen and oxygen atoms in total. The van der Waals surface area contributed by atoms with Crippen molar-refractivity contribution in [1.29, 1.82) is 0 Å². The summed E-state index contributed by atoms with van der Waals surface area (Å²) in [7, 11) is 0. The molecule has 0 aliphatic carbocycles. The smallest absolute Gasteiger partial charge is 0.119 e. The molecule has 1 unspecified atom stereocenters. The average Bonchev–Trinajstić information content (AvgIpc) is 2.64. The van der Waals surface area contributed by atoms with Crippen LogP contribution in [0.2, 0.25) is 0 Å². The van der Waals surface area contributed by atoms with Crippen molar-refractivity contribution in [3.63, 3.8) is 0 Å². The lowest BCUT2D eigenvalue weighted by Crippen LogP contribution is -2.20. The first-order chi connectivity index (χ1) is 12.2. The molecule has 0 aliphatic rings. The molecule has 0 amide bonds. The van der Waals surface area contributed by atoms with Crippen LogP contribution in [0.15, 0.2) is 48.5 Å². The molecule has 0 aromatic heterocycles. The fourth-order valence-corrected chi connectivity index (χ4v) is 2.60. The van der Waals surface area contributed by atoms with Gasteiger partial charge in [0.25, 0.3) is 0 Å². The first-order valence-corrected chi connectivity index (χ1v) is 8.91. The van der Waals surface area contributed by atoms with Gasteiger partial charge >= 0.3 is 0 Å². The SMILES string of the molecule is CCOc1ccc(CCOc2ccc(CC(CO)OCC)cc2)cc1. The Morgan fingerprint density at radius 2 is 1.40 bits per heavy atom. The van der Waals surface area contributed by atoms with Gasteiger partial charge in [-0.2, -0.15) is 0 Å². The van der Waals surface area contributed by atoms with Crippen LogP contribution < -0.4 is 9.47 Å². The maximum Gasteiger partial charge on any atom is 0.119 e. The normalized spacial score (nSPS) is 12.0. The molecular formula is C21H28O4. The summed E-state index contributed by atoms with van der Waals surface area (Å²) in [4.78, 5) is 0. The van der Waals surface area contributed by atoms with Crippen LogP contribution in [0.5, 0.6) is 11.5 Å². The van der Waals surface area contributed by atoms with Crippen molar-refractivity contribution < 1.29 is 19.3 Å². The largest absolute Gasteiger partial charge is 0.494 e. The van der Waals surface area contributed by atoms with Crippen molar-refractivity contribution in [1.82, 2.24) is 0 Å². The van der Waals surface area contributed by atoms with Crippen molar-refractivity contribution in [2.75, 3.05) is 26.4 Å². The van der Waals surface area contributed by atoms with E-state index in [-0.39, 0.29) is 12.7 Å². The molecule has 0 saturated carbocycles. The molecule has 1 N–H and O–H groups in total. The highest BCUT2D eigenvalue weighted by atomic mass is 16.5. The Morgan fingerprint density at radius 1 is 0.800 bits per heavy atom. The molecular weight excluding hydrogens is 316 g/mol. The van der Waals surface area contributed by atoms with E-state index in [4.69, 9.17) is 14.2 Å². The van der Waals surface area contributed by atoms with E-state index in [2.05, 4.69) is 12.1 Å². The lowest BCUT2D eigenvalue weighted by atomic mass is 10.1. The minimum Gasteiger partial charge on any atom is -0.494 e.